The normalized spacial score (nSPS) is 19.4. The predicted octanol–water partition coefficient (Wildman–Crippen LogP) is 1.89. The Kier molecular flexibility index (Phi) is 1.72. The zero-order valence-corrected chi connectivity index (χ0v) is 5.45. The van der Waals surface area contributed by atoms with Crippen LogP contribution in [-0.4, -0.2) is 5.66 Å². The molecule has 0 saturated carbocycles. The summed E-state index contributed by atoms with van der Waals surface area (Å²) in [5, 5.41) is 0. The fourth-order valence-corrected chi connectivity index (χ4v) is 1.25. The Morgan fingerprint density at radius 2 is 1.86 bits per heavy atom. The molecule has 0 amide bonds. The molecule has 0 atom stereocenters. The molecule has 0 radical (unpaired) electrons. The van der Waals surface area contributed by atoms with Crippen LogP contribution in [0.2, 0.25) is 0 Å². The van der Waals surface area contributed by atoms with Crippen molar-refractivity contribution in [1.29, 1.82) is 0 Å². The maximum absolute atomic E-state index is 4.78. The van der Waals surface area contributed by atoms with Gasteiger partial charge in [-0.2, -0.15) is 0 Å². The quantitative estimate of drug-likeness (QED) is 0.486. The Labute approximate surface area is 49.8 Å². The first kappa shape index (κ1) is 5.14. The molecule has 0 fully saturated rings. The first-order chi connectivity index (χ1) is 3.43. The molecule has 0 saturated heterocycles. The van der Waals surface area contributed by atoms with Crippen LogP contribution in [0, 0.1) is 0 Å². The van der Waals surface area contributed by atoms with Gasteiger partial charge in [-0.1, -0.05) is 36.1 Å². The van der Waals surface area contributed by atoms with Crippen LogP contribution in [0.3, 0.4) is 0 Å². The third-order valence-corrected chi connectivity index (χ3v) is 2.17. The van der Waals surface area contributed by atoms with E-state index in [-0.39, 0.29) is 0 Å². The van der Waals surface area contributed by atoms with Crippen LogP contribution in [0.15, 0.2) is 24.3 Å². The van der Waals surface area contributed by atoms with Crippen LogP contribution in [0.1, 0.15) is 0 Å². The second-order valence-corrected chi connectivity index (χ2v) is 2.81. The van der Waals surface area contributed by atoms with E-state index in [9.17, 15) is 0 Å². The second-order valence-electron chi connectivity index (χ2n) is 1.37. The van der Waals surface area contributed by atoms with Crippen LogP contribution in [0.4, 0.5) is 0 Å². The summed E-state index contributed by atoms with van der Waals surface area (Å²) in [6.45, 7) is 0. The van der Waals surface area contributed by atoms with E-state index in [1.54, 1.807) is 0 Å². The first-order valence-corrected chi connectivity index (χ1v) is 4.08. The summed E-state index contributed by atoms with van der Waals surface area (Å²) in [7, 11) is 1.03. The molecule has 7 heavy (non-hydrogen) atoms. The number of hydrogen-bond donors (Lipinski definition) is 0. The SMILES string of the molecule is S=PC1C=CC=C1. The second kappa shape index (κ2) is 2.34. The minimum Gasteiger partial charge on any atom is -0.0686 e. The minimum atomic E-state index is 0.523. The highest BCUT2D eigenvalue weighted by Crippen LogP contribution is 2.13. The standard InChI is InChI=1S/C5H5PS/c7-6-5-3-1-2-4-5/h1-5H. The third-order valence-electron chi connectivity index (χ3n) is 0.849. The first-order valence-electron chi connectivity index (χ1n) is 2.11. The monoisotopic (exact) mass is 128 g/mol. The van der Waals surface area contributed by atoms with Crippen LogP contribution in [0.25, 0.3) is 0 Å². The summed E-state index contributed by atoms with van der Waals surface area (Å²) < 4.78 is 0. The molecular weight excluding hydrogens is 123 g/mol. The number of hydrogen-bond acceptors (Lipinski definition) is 1. The zero-order valence-electron chi connectivity index (χ0n) is 3.74. The van der Waals surface area contributed by atoms with Crippen molar-refractivity contribution in [2.24, 2.45) is 0 Å². The molecule has 0 spiro atoms. The summed E-state index contributed by atoms with van der Waals surface area (Å²) in [6.07, 6.45) is 8.27. The van der Waals surface area contributed by atoms with Gasteiger partial charge in [-0.25, -0.2) is 0 Å². The summed E-state index contributed by atoms with van der Waals surface area (Å²) in [5.41, 5.74) is 0.523. The van der Waals surface area contributed by atoms with E-state index in [1.807, 2.05) is 12.2 Å². The number of allylic oxidation sites excluding steroid dienone is 4. The van der Waals surface area contributed by atoms with Crippen molar-refractivity contribution in [2.45, 2.75) is 5.66 Å². The summed E-state index contributed by atoms with van der Waals surface area (Å²) >= 11 is 4.78. The molecule has 0 aromatic heterocycles. The zero-order chi connectivity index (χ0) is 5.11. The van der Waals surface area contributed by atoms with Crippen LogP contribution < -0.4 is 0 Å². The van der Waals surface area contributed by atoms with E-state index >= 15 is 0 Å². The van der Waals surface area contributed by atoms with Gasteiger partial charge in [0, 0.05) is 5.66 Å². The lowest BCUT2D eigenvalue weighted by Crippen LogP contribution is -1.77. The van der Waals surface area contributed by atoms with Crippen LogP contribution >= 0.6 is 7.36 Å². The van der Waals surface area contributed by atoms with Crippen molar-refractivity contribution in [3.05, 3.63) is 24.3 Å². The molecule has 0 bridgehead atoms. The van der Waals surface area contributed by atoms with Crippen molar-refractivity contribution < 1.29 is 0 Å². The van der Waals surface area contributed by atoms with Gasteiger partial charge in [0.15, 0.2) is 0 Å². The molecular formula is C5H5PS. The molecule has 0 nitrogen and oxygen atoms in total. The van der Waals surface area contributed by atoms with E-state index in [2.05, 4.69) is 12.2 Å². The Bertz CT molecular complexity index is 114. The molecule has 1 aliphatic rings. The highest BCUT2D eigenvalue weighted by molar-refractivity contribution is 7.96. The lowest BCUT2D eigenvalue weighted by atomic mass is 10.5. The fraction of sp³-hybridized carbons (Fsp3) is 0.200. The van der Waals surface area contributed by atoms with Gasteiger partial charge in [0.1, 0.15) is 0 Å². The van der Waals surface area contributed by atoms with Gasteiger partial charge in [-0.15, -0.1) is 0 Å². The van der Waals surface area contributed by atoms with Gasteiger partial charge in [-0.05, 0) is 7.36 Å². The highest BCUT2D eigenvalue weighted by Gasteiger charge is 1.95. The van der Waals surface area contributed by atoms with E-state index in [4.69, 9.17) is 11.8 Å². The van der Waals surface area contributed by atoms with E-state index in [1.165, 1.54) is 0 Å². The summed E-state index contributed by atoms with van der Waals surface area (Å²) in [5.74, 6) is 0. The van der Waals surface area contributed by atoms with Crippen LogP contribution in [0.5, 0.6) is 0 Å². The van der Waals surface area contributed by atoms with E-state index < -0.39 is 0 Å². The van der Waals surface area contributed by atoms with Crippen molar-refractivity contribution in [1.82, 2.24) is 0 Å². The topological polar surface area (TPSA) is 0 Å². The molecule has 0 unspecified atom stereocenters. The summed E-state index contributed by atoms with van der Waals surface area (Å²) in [6, 6.07) is 0. The van der Waals surface area contributed by atoms with Crippen molar-refractivity contribution >= 4 is 19.2 Å². The molecule has 0 heterocycles. The molecule has 0 aromatic carbocycles. The van der Waals surface area contributed by atoms with Gasteiger partial charge in [0.05, 0.1) is 0 Å². The van der Waals surface area contributed by atoms with Gasteiger partial charge >= 0.3 is 0 Å². The van der Waals surface area contributed by atoms with Crippen LogP contribution in [-0.2, 0) is 11.8 Å². The Balaban J connectivity index is 2.59. The molecule has 0 aromatic rings. The Hall–Kier alpha value is 0. The van der Waals surface area contributed by atoms with E-state index in [0.717, 1.165) is 7.36 Å². The van der Waals surface area contributed by atoms with Gasteiger partial charge in [0.2, 0.25) is 0 Å². The number of rotatable bonds is 1. The Morgan fingerprint density at radius 3 is 2.14 bits per heavy atom. The fourth-order valence-electron chi connectivity index (χ4n) is 0.490. The maximum atomic E-state index is 4.78. The maximum Gasteiger partial charge on any atom is 0.0479 e. The molecule has 1 aliphatic carbocycles. The molecule has 1 rings (SSSR count). The average molecular weight is 128 g/mol. The molecule has 0 N–H and O–H groups in total. The molecule has 0 aliphatic heterocycles. The molecule has 36 valence electrons. The van der Waals surface area contributed by atoms with Gasteiger partial charge in [-0.3, -0.25) is 0 Å². The lowest BCUT2D eigenvalue weighted by Gasteiger charge is -1.85. The average Bonchev–Trinajstić information content (AvgIpc) is 2.14. The highest BCUT2D eigenvalue weighted by atomic mass is 32.4. The predicted molar refractivity (Wildman–Crippen MR) is 36.4 cm³/mol. The minimum absolute atomic E-state index is 0.523. The van der Waals surface area contributed by atoms with Crippen molar-refractivity contribution in [3.63, 3.8) is 0 Å². The van der Waals surface area contributed by atoms with Gasteiger partial charge in [0.25, 0.3) is 0 Å². The third kappa shape index (κ3) is 1.19. The molecule has 2 heteroatoms. The van der Waals surface area contributed by atoms with E-state index in [0.29, 0.717) is 5.66 Å². The largest absolute Gasteiger partial charge is 0.0686 e. The van der Waals surface area contributed by atoms with Gasteiger partial charge < -0.3 is 0 Å². The lowest BCUT2D eigenvalue weighted by molar-refractivity contribution is 1.48. The Morgan fingerprint density at radius 1 is 1.29 bits per heavy atom. The summed E-state index contributed by atoms with van der Waals surface area (Å²) in [4.78, 5) is 0. The van der Waals surface area contributed by atoms with Crippen molar-refractivity contribution in [2.75, 3.05) is 0 Å². The van der Waals surface area contributed by atoms with Crippen molar-refractivity contribution in [3.8, 4) is 0 Å². The smallest absolute Gasteiger partial charge is 0.0479 e.